The maximum atomic E-state index is 13.4. The molecular formula is C23H23N5O3. The SMILES string of the molecule is COc1ccccc1CN(Cc1cccnc1)C(=O)c1cc(-c2cnn(C)c2C)no1. The van der Waals surface area contributed by atoms with Crippen molar-refractivity contribution in [1.29, 1.82) is 0 Å². The number of benzene rings is 1. The number of methoxy groups -OCH3 is 1. The average molecular weight is 417 g/mol. The smallest absolute Gasteiger partial charge is 0.293 e. The fourth-order valence-corrected chi connectivity index (χ4v) is 3.36. The summed E-state index contributed by atoms with van der Waals surface area (Å²) in [5, 5.41) is 8.33. The Bertz CT molecular complexity index is 1180. The molecule has 3 heterocycles. The summed E-state index contributed by atoms with van der Waals surface area (Å²) >= 11 is 0. The summed E-state index contributed by atoms with van der Waals surface area (Å²) in [6.07, 6.45) is 5.16. The summed E-state index contributed by atoms with van der Waals surface area (Å²) in [6, 6.07) is 13.1. The van der Waals surface area contributed by atoms with Crippen molar-refractivity contribution in [3.8, 4) is 17.0 Å². The molecule has 3 aromatic heterocycles. The summed E-state index contributed by atoms with van der Waals surface area (Å²) in [6.45, 7) is 2.65. The van der Waals surface area contributed by atoms with Crippen molar-refractivity contribution in [1.82, 2.24) is 24.8 Å². The Morgan fingerprint density at radius 3 is 2.71 bits per heavy atom. The van der Waals surface area contributed by atoms with Crippen molar-refractivity contribution in [2.75, 3.05) is 7.11 Å². The molecule has 0 unspecified atom stereocenters. The van der Waals surface area contributed by atoms with Gasteiger partial charge in [0.2, 0.25) is 5.76 Å². The predicted molar refractivity (Wildman–Crippen MR) is 114 cm³/mol. The lowest BCUT2D eigenvalue weighted by molar-refractivity contribution is 0.0686. The molecule has 0 saturated carbocycles. The molecule has 0 spiro atoms. The molecule has 31 heavy (non-hydrogen) atoms. The highest BCUT2D eigenvalue weighted by molar-refractivity contribution is 5.92. The third kappa shape index (κ3) is 4.32. The molecule has 4 rings (SSSR count). The lowest BCUT2D eigenvalue weighted by Gasteiger charge is -2.22. The van der Waals surface area contributed by atoms with Crippen LogP contribution in [-0.2, 0) is 20.1 Å². The van der Waals surface area contributed by atoms with E-state index in [-0.39, 0.29) is 11.7 Å². The van der Waals surface area contributed by atoms with Crippen molar-refractivity contribution in [3.05, 3.63) is 83.6 Å². The van der Waals surface area contributed by atoms with E-state index in [2.05, 4.69) is 15.2 Å². The van der Waals surface area contributed by atoms with Gasteiger partial charge in [-0.05, 0) is 24.6 Å². The minimum atomic E-state index is -0.268. The highest BCUT2D eigenvalue weighted by Crippen LogP contribution is 2.25. The van der Waals surface area contributed by atoms with E-state index < -0.39 is 0 Å². The molecule has 0 saturated heterocycles. The first kappa shape index (κ1) is 20.3. The third-order valence-corrected chi connectivity index (χ3v) is 5.17. The van der Waals surface area contributed by atoms with E-state index in [0.29, 0.717) is 18.8 Å². The molecule has 1 aromatic carbocycles. The van der Waals surface area contributed by atoms with Crippen LogP contribution in [0.4, 0.5) is 0 Å². The van der Waals surface area contributed by atoms with Crippen LogP contribution in [0.5, 0.6) is 5.75 Å². The minimum Gasteiger partial charge on any atom is -0.496 e. The maximum Gasteiger partial charge on any atom is 0.293 e. The van der Waals surface area contributed by atoms with Gasteiger partial charge in [0.05, 0.1) is 19.9 Å². The molecule has 0 atom stereocenters. The van der Waals surface area contributed by atoms with Crippen LogP contribution in [0.15, 0.2) is 65.6 Å². The average Bonchev–Trinajstić information content (AvgIpc) is 3.41. The van der Waals surface area contributed by atoms with Crippen LogP contribution < -0.4 is 4.74 Å². The Hall–Kier alpha value is -3.94. The second kappa shape index (κ2) is 8.83. The number of amides is 1. The number of pyridine rings is 1. The number of rotatable bonds is 7. The molecule has 0 aliphatic carbocycles. The van der Waals surface area contributed by atoms with E-state index in [4.69, 9.17) is 9.26 Å². The molecule has 8 heteroatoms. The Balaban J connectivity index is 1.64. The number of carbonyl (C=O) groups is 1. The molecule has 0 N–H and O–H groups in total. The van der Waals surface area contributed by atoms with E-state index in [1.165, 1.54) is 0 Å². The zero-order valence-corrected chi connectivity index (χ0v) is 17.6. The number of aromatic nitrogens is 4. The first-order valence-electron chi connectivity index (χ1n) is 9.82. The normalized spacial score (nSPS) is 10.8. The third-order valence-electron chi connectivity index (χ3n) is 5.17. The van der Waals surface area contributed by atoms with Gasteiger partial charge in [0, 0.05) is 48.9 Å². The summed E-state index contributed by atoms with van der Waals surface area (Å²) in [4.78, 5) is 19.2. The van der Waals surface area contributed by atoms with Gasteiger partial charge in [-0.3, -0.25) is 14.5 Å². The van der Waals surface area contributed by atoms with Crippen LogP contribution in [0, 0.1) is 6.92 Å². The van der Waals surface area contributed by atoms with E-state index in [0.717, 1.165) is 28.1 Å². The van der Waals surface area contributed by atoms with Gasteiger partial charge in [-0.1, -0.05) is 29.4 Å². The number of nitrogens with zero attached hydrogens (tertiary/aromatic N) is 5. The number of para-hydroxylation sites is 1. The Morgan fingerprint density at radius 1 is 1.16 bits per heavy atom. The van der Waals surface area contributed by atoms with E-state index >= 15 is 0 Å². The van der Waals surface area contributed by atoms with Crippen molar-refractivity contribution < 1.29 is 14.1 Å². The van der Waals surface area contributed by atoms with Crippen LogP contribution in [0.3, 0.4) is 0 Å². The molecule has 0 radical (unpaired) electrons. The monoisotopic (exact) mass is 417 g/mol. The van der Waals surface area contributed by atoms with Crippen LogP contribution in [0.2, 0.25) is 0 Å². The molecule has 0 aliphatic rings. The van der Waals surface area contributed by atoms with Gasteiger partial charge in [0.25, 0.3) is 5.91 Å². The summed E-state index contributed by atoms with van der Waals surface area (Å²) in [5.41, 5.74) is 4.15. The number of hydrogen-bond acceptors (Lipinski definition) is 6. The Kier molecular flexibility index (Phi) is 5.79. The van der Waals surface area contributed by atoms with Gasteiger partial charge in [-0.25, -0.2) is 0 Å². The van der Waals surface area contributed by atoms with Crippen LogP contribution in [0.1, 0.15) is 27.4 Å². The lowest BCUT2D eigenvalue weighted by atomic mass is 10.1. The maximum absolute atomic E-state index is 13.4. The van der Waals surface area contributed by atoms with E-state index in [9.17, 15) is 4.79 Å². The highest BCUT2D eigenvalue weighted by Gasteiger charge is 2.23. The van der Waals surface area contributed by atoms with Gasteiger partial charge < -0.3 is 14.2 Å². The van der Waals surface area contributed by atoms with E-state index in [1.807, 2.05) is 50.4 Å². The molecule has 4 aromatic rings. The minimum absolute atomic E-state index is 0.164. The molecule has 1 amide bonds. The van der Waals surface area contributed by atoms with Gasteiger partial charge in [-0.2, -0.15) is 5.10 Å². The Morgan fingerprint density at radius 2 is 2.00 bits per heavy atom. The molecule has 158 valence electrons. The lowest BCUT2D eigenvalue weighted by Crippen LogP contribution is -2.30. The molecule has 0 bridgehead atoms. The number of ether oxygens (including phenoxy) is 1. The Labute approximate surface area is 180 Å². The van der Waals surface area contributed by atoms with Crippen molar-refractivity contribution in [2.45, 2.75) is 20.0 Å². The van der Waals surface area contributed by atoms with Gasteiger partial charge in [-0.15, -0.1) is 0 Å². The zero-order chi connectivity index (χ0) is 21.8. The number of carbonyl (C=O) groups excluding carboxylic acids is 1. The predicted octanol–water partition coefficient (Wildman–Crippen LogP) is 3.63. The second-order valence-corrected chi connectivity index (χ2v) is 7.18. The van der Waals surface area contributed by atoms with Gasteiger partial charge in [0.1, 0.15) is 11.4 Å². The van der Waals surface area contributed by atoms with Gasteiger partial charge >= 0.3 is 0 Å². The summed E-state index contributed by atoms with van der Waals surface area (Å²) in [7, 11) is 3.47. The highest BCUT2D eigenvalue weighted by atomic mass is 16.5. The number of hydrogen-bond donors (Lipinski definition) is 0. The molecule has 0 aliphatic heterocycles. The largest absolute Gasteiger partial charge is 0.496 e. The van der Waals surface area contributed by atoms with Crippen molar-refractivity contribution in [3.63, 3.8) is 0 Å². The van der Waals surface area contributed by atoms with Crippen LogP contribution in [0.25, 0.3) is 11.3 Å². The quantitative estimate of drug-likeness (QED) is 0.456. The van der Waals surface area contributed by atoms with Gasteiger partial charge in [0.15, 0.2) is 0 Å². The topological polar surface area (TPSA) is 86.3 Å². The summed E-state index contributed by atoms with van der Waals surface area (Å²) < 4.78 is 12.6. The number of aryl methyl sites for hydroxylation is 1. The van der Waals surface area contributed by atoms with E-state index in [1.54, 1.807) is 41.3 Å². The van der Waals surface area contributed by atoms with Crippen molar-refractivity contribution >= 4 is 5.91 Å². The van der Waals surface area contributed by atoms with Crippen LogP contribution in [-0.4, -0.2) is 37.8 Å². The fraction of sp³-hybridized carbons (Fsp3) is 0.217. The molecular weight excluding hydrogens is 394 g/mol. The first-order chi connectivity index (χ1) is 15.1. The van der Waals surface area contributed by atoms with Crippen molar-refractivity contribution in [2.24, 2.45) is 7.05 Å². The standard InChI is InChI=1S/C23H23N5O3/c1-16-19(13-25-27(16)2)20-11-22(31-26-20)23(29)28(14-17-7-6-10-24-12-17)15-18-8-4-5-9-21(18)30-3/h4-13H,14-15H2,1-3H3. The van der Waals surface area contributed by atoms with Crippen LogP contribution >= 0.6 is 0 Å². The second-order valence-electron chi connectivity index (χ2n) is 7.18. The zero-order valence-electron chi connectivity index (χ0n) is 17.6. The molecule has 8 nitrogen and oxygen atoms in total. The summed E-state index contributed by atoms with van der Waals surface area (Å²) in [5.74, 6) is 0.614. The molecule has 0 fully saturated rings. The fourth-order valence-electron chi connectivity index (χ4n) is 3.36. The first-order valence-corrected chi connectivity index (χ1v) is 9.82.